The summed E-state index contributed by atoms with van der Waals surface area (Å²) in [5, 5.41) is 4.91. The molecule has 1 aliphatic heterocycles. The molecule has 1 aliphatic rings. The van der Waals surface area contributed by atoms with Crippen molar-refractivity contribution in [1.82, 2.24) is 20.1 Å². The third-order valence-corrected chi connectivity index (χ3v) is 11.0. The van der Waals surface area contributed by atoms with Crippen LogP contribution in [0.25, 0.3) is 0 Å². The van der Waals surface area contributed by atoms with Gasteiger partial charge in [0.1, 0.15) is 10.7 Å². The Morgan fingerprint density at radius 1 is 1.12 bits per heavy atom. The van der Waals surface area contributed by atoms with Gasteiger partial charge in [0.2, 0.25) is 5.91 Å². The lowest BCUT2D eigenvalue weighted by Gasteiger charge is -2.38. The predicted octanol–water partition coefficient (Wildman–Crippen LogP) is 6.12. The number of carbonyl (C=O) groups is 5. The number of aromatic nitrogens is 1. The van der Waals surface area contributed by atoms with Gasteiger partial charge in [-0.15, -0.1) is 11.3 Å². The topological polar surface area (TPSA) is 126 Å². The smallest absolute Gasteiger partial charge is 0.303 e. The zero-order valence-corrected chi connectivity index (χ0v) is 30.7. The van der Waals surface area contributed by atoms with E-state index in [4.69, 9.17) is 4.74 Å². The van der Waals surface area contributed by atoms with E-state index in [0.717, 1.165) is 25.8 Å². The molecule has 3 rings (SSSR count). The lowest BCUT2D eigenvalue weighted by Crippen LogP contribution is -2.50. The molecule has 0 saturated carbocycles. The Morgan fingerprint density at radius 3 is 2.40 bits per heavy atom. The molecule has 11 heteroatoms. The summed E-state index contributed by atoms with van der Waals surface area (Å²) < 4.78 is 5.74. The van der Waals surface area contributed by atoms with E-state index in [1.165, 1.54) is 18.3 Å². The number of ketones is 2. The number of nitrogens with zero attached hydrogens (tertiary/aromatic N) is 3. The van der Waals surface area contributed by atoms with Gasteiger partial charge >= 0.3 is 5.97 Å². The normalized spacial score (nSPS) is 18.9. The minimum Gasteiger partial charge on any atom is -0.455 e. The van der Waals surface area contributed by atoms with Gasteiger partial charge in [-0.3, -0.25) is 28.9 Å². The largest absolute Gasteiger partial charge is 0.455 e. The Hall–Kier alpha value is -3.44. The quantitative estimate of drug-likeness (QED) is 0.113. The van der Waals surface area contributed by atoms with Crippen LogP contribution in [0.15, 0.2) is 35.7 Å². The molecule has 1 aromatic carbocycles. The van der Waals surface area contributed by atoms with Crippen LogP contribution in [-0.4, -0.2) is 82.9 Å². The van der Waals surface area contributed by atoms with Crippen LogP contribution in [-0.2, 0) is 19.1 Å². The molecular formula is C37H54N4O6S. The van der Waals surface area contributed by atoms with E-state index in [-0.39, 0.29) is 59.8 Å². The Labute approximate surface area is 290 Å². The van der Waals surface area contributed by atoms with Crippen LogP contribution in [0, 0.1) is 17.8 Å². The van der Waals surface area contributed by atoms with E-state index >= 15 is 0 Å². The van der Waals surface area contributed by atoms with Crippen LogP contribution in [0.5, 0.6) is 0 Å². The maximum absolute atomic E-state index is 14.2. The highest BCUT2D eigenvalue weighted by atomic mass is 32.1. The van der Waals surface area contributed by atoms with E-state index in [9.17, 15) is 24.0 Å². The second-order valence-corrected chi connectivity index (χ2v) is 14.6. The molecule has 2 heterocycles. The van der Waals surface area contributed by atoms with Crippen LogP contribution in [0.4, 0.5) is 0 Å². The van der Waals surface area contributed by atoms with Crippen molar-refractivity contribution in [2.24, 2.45) is 17.8 Å². The number of Topliss-reactive ketones (excluding diaryl/α,β-unsaturated/α-hetero) is 2. The summed E-state index contributed by atoms with van der Waals surface area (Å²) in [5.74, 6) is -1.29. The maximum Gasteiger partial charge on any atom is 0.303 e. The summed E-state index contributed by atoms with van der Waals surface area (Å²) in [5.41, 5.74) is 0.288. The second-order valence-electron chi connectivity index (χ2n) is 13.7. The third kappa shape index (κ3) is 10.0. The van der Waals surface area contributed by atoms with Crippen molar-refractivity contribution in [1.29, 1.82) is 0 Å². The lowest BCUT2D eigenvalue weighted by molar-refractivity contribution is -0.149. The summed E-state index contributed by atoms with van der Waals surface area (Å²) in [6, 6.07) is 8.72. The number of benzene rings is 1. The molecule has 48 heavy (non-hydrogen) atoms. The highest BCUT2D eigenvalue weighted by Crippen LogP contribution is 2.35. The fraction of sp³-hybridized carbons (Fsp3) is 0.622. The van der Waals surface area contributed by atoms with Gasteiger partial charge < -0.3 is 15.0 Å². The Bertz CT molecular complexity index is 1410. The Kier molecular flexibility index (Phi) is 14.5. The minimum absolute atomic E-state index is 0.00472. The van der Waals surface area contributed by atoms with Crippen LogP contribution in [0.2, 0.25) is 0 Å². The number of nitrogens with one attached hydrogen (secondary N) is 1. The van der Waals surface area contributed by atoms with Crippen molar-refractivity contribution in [3.05, 3.63) is 52.0 Å². The van der Waals surface area contributed by atoms with Gasteiger partial charge in [0.05, 0.1) is 5.54 Å². The number of rotatable bonds is 18. The number of amides is 2. The standard InChI is InChI=1S/C37H54N4O6S/c1-9-25(4)28(21-33(44)37(6)18-14-20-40(37)7)36(46)41(8)30(24(2)3)22-32(47-26(5)42)35-39-29(23-48-35)34(45)38-19-13-17-31(43)27-15-11-10-12-16-27/h10-12,15-16,23-25,28,30,32H,9,13-14,17-22H2,1-8H3,(H,38,45)/t25-,28-,30+,32+,37+/m0/s1. The van der Waals surface area contributed by atoms with Gasteiger partial charge in [-0.25, -0.2) is 4.98 Å². The first kappa shape index (κ1) is 39.0. The fourth-order valence-corrected chi connectivity index (χ4v) is 7.30. The number of thiazole rings is 1. The van der Waals surface area contributed by atoms with Crippen molar-refractivity contribution in [2.45, 2.75) is 104 Å². The van der Waals surface area contributed by atoms with Crippen molar-refractivity contribution in [3.8, 4) is 0 Å². The van der Waals surface area contributed by atoms with E-state index in [1.54, 1.807) is 29.5 Å². The fourth-order valence-electron chi connectivity index (χ4n) is 6.46. The molecule has 5 atom stereocenters. The molecular weight excluding hydrogens is 628 g/mol. The van der Waals surface area contributed by atoms with Crippen LogP contribution in [0.1, 0.15) is 118 Å². The number of ether oxygens (including phenoxy) is 1. The molecule has 0 radical (unpaired) electrons. The molecule has 1 N–H and O–H groups in total. The van der Waals surface area contributed by atoms with E-state index in [1.807, 2.05) is 59.9 Å². The summed E-state index contributed by atoms with van der Waals surface area (Å²) in [7, 11) is 3.74. The summed E-state index contributed by atoms with van der Waals surface area (Å²) >= 11 is 1.22. The van der Waals surface area contributed by atoms with Crippen molar-refractivity contribution >= 4 is 40.7 Å². The van der Waals surface area contributed by atoms with Gasteiger partial charge in [0.25, 0.3) is 5.91 Å². The molecule has 264 valence electrons. The molecule has 1 fully saturated rings. The van der Waals surface area contributed by atoms with Crippen molar-refractivity contribution in [3.63, 3.8) is 0 Å². The number of likely N-dealkylation sites (tertiary alicyclic amines) is 1. The molecule has 2 amide bonds. The van der Waals surface area contributed by atoms with Crippen LogP contribution in [0.3, 0.4) is 0 Å². The number of esters is 1. The molecule has 0 bridgehead atoms. The molecule has 0 spiro atoms. The highest BCUT2D eigenvalue weighted by molar-refractivity contribution is 7.09. The third-order valence-electron chi connectivity index (χ3n) is 10.0. The van der Waals surface area contributed by atoms with Crippen molar-refractivity contribution in [2.75, 3.05) is 27.2 Å². The first-order chi connectivity index (χ1) is 22.7. The monoisotopic (exact) mass is 682 g/mol. The predicted molar refractivity (Wildman–Crippen MR) is 188 cm³/mol. The Balaban J connectivity index is 1.70. The van der Waals surface area contributed by atoms with Crippen molar-refractivity contribution < 1.29 is 28.7 Å². The molecule has 2 aromatic rings. The van der Waals surface area contributed by atoms with E-state index in [2.05, 4.69) is 15.2 Å². The SMILES string of the molecule is CC[C@H](C)[C@H](CC(=O)[C@@]1(C)CCCN1C)C(=O)N(C)[C@H](C[C@@H](OC(C)=O)c1nc(C(=O)NCCCC(=O)c2ccccc2)cs1)C(C)C. The first-order valence-electron chi connectivity index (χ1n) is 17.2. The molecule has 10 nitrogen and oxygen atoms in total. The average molecular weight is 683 g/mol. The summed E-state index contributed by atoms with van der Waals surface area (Å²) in [6.45, 7) is 12.6. The number of hydrogen-bond acceptors (Lipinski definition) is 9. The lowest BCUT2D eigenvalue weighted by atomic mass is 9.80. The molecule has 0 aliphatic carbocycles. The zero-order valence-electron chi connectivity index (χ0n) is 29.9. The van der Waals surface area contributed by atoms with Gasteiger partial charge in [-0.05, 0) is 51.6 Å². The van der Waals surface area contributed by atoms with Gasteiger partial charge in [0.15, 0.2) is 17.7 Å². The van der Waals surface area contributed by atoms with Gasteiger partial charge in [-0.2, -0.15) is 0 Å². The average Bonchev–Trinajstić information content (AvgIpc) is 3.69. The number of likely N-dealkylation sites (N-methyl/N-ethyl adjacent to an activating group) is 1. The Morgan fingerprint density at radius 2 is 1.81 bits per heavy atom. The van der Waals surface area contributed by atoms with Crippen LogP contribution >= 0.6 is 11.3 Å². The van der Waals surface area contributed by atoms with E-state index < -0.39 is 23.5 Å². The van der Waals surface area contributed by atoms with E-state index in [0.29, 0.717) is 30.0 Å². The molecule has 1 saturated heterocycles. The maximum atomic E-state index is 14.2. The van der Waals surface area contributed by atoms with Crippen LogP contribution < -0.4 is 5.32 Å². The summed E-state index contributed by atoms with van der Waals surface area (Å²) in [4.78, 5) is 73.6. The first-order valence-corrected chi connectivity index (χ1v) is 18.1. The zero-order chi connectivity index (χ0) is 35.6. The molecule has 1 aromatic heterocycles. The van der Waals surface area contributed by atoms with Gasteiger partial charge in [0, 0.05) is 62.7 Å². The molecule has 0 unspecified atom stereocenters. The number of hydrogen-bond donors (Lipinski definition) is 1. The number of carbonyl (C=O) groups excluding carboxylic acids is 5. The highest BCUT2D eigenvalue weighted by Gasteiger charge is 2.43. The van der Waals surface area contributed by atoms with Gasteiger partial charge in [-0.1, -0.05) is 64.4 Å². The second kappa shape index (κ2) is 17.8. The minimum atomic E-state index is -0.769. The summed E-state index contributed by atoms with van der Waals surface area (Å²) in [6.07, 6.45) is 3.02.